The summed E-state index contributed by atoms with van der Waals surface area (Å²) in [6.07, 6.45) is 0. The van der Waals surface area contributed by atoms with Crippen molar-refractivity contribution in [2.24, 2.45) is 0 Å². The predicted octanol–water partition coefficient (Wildman–Crippen LogP) is 12.6. The highest BCUT2D eigenvalue weighted by Gasteiger charge is 2.13. The molecule has 0 N–H and O–H groups in total. The van der Waals surface area contributed by atoms with Crippen LogP contribution in [0.3, 0.4) is 0 Å². The van der Waals surface area contributed by atoms with Gasteiger partial charge in [0.05, 0.1) is 22.8 Å². The minimum atomic E-state index is 0.703. The molecule has 4 heteroatoms. The summed E-state index contributed by atoms with van der Waals surface area (Å²) >= 11 is 0. The van der Waals surface area contributed by atoms with E-state index in [0.29, 0.717) is 11.6 Å². The van der Waals surface area contributed by atoms with Gasteiger partial charge in [0, 0.05) is 33.4 Å². The molecule has 0 aliphatic rings. The lowest BCUT2D eigenvalue weighted by Crippen LogP contribution is -1.96. The van der Waals surface area contributed by atoms with Crippen LogP contribution < -0.4 is 0 Å². The third-order valence-electron chi connectivity index (χ3n) is 9.57. The molecule has 0 saturated carbocycles. The van der Waals surface area contributed by atoms with Gasteiger partial charge in [0.1, 0.15) is 0 Å². The van der Waals surface area contributed by atoms with Crippen LogP contribution in [0.5, 0.6) is 0 Å². The lowest BCUT2D eigenvalue weighted by atomic mass is 9.98. The summed E-state index contributed by atoms with van der Waals surface area (Å²) in [7, 11) is 0. The van der Waals surface area contributed by atoms with E-state index < -0.39 is 0 Å². The molecular weight excluding hydrogens is 657 g/mol. The first-order valence-corrected chi connectivity index (χ1v) is 18.1. The third kappa shape index (κ3) is 6.97. The summed E-state index contributed by atoms with van der Waals surface area (Å²) < 4.78 is 0. The molecule has 0 radical (unpaired) electrons. The van der Waals surface area contributed by atoms with Crippen molar-refractivity contribution in [3.8, 4) is 90.1 Å². The molecule has 0 unspecified atom stereocenters. The van der Waals surface area contributed by atoms with E-state index in [1.54, 1.807) is 0 Å². The van der Waals surface area contributed by atoms with E-state index >= 15 is 0 Å². The zero-order valence-corrected chi connectivity index (χ0v) is 29.4. The number of rotatable bonds is 8. The molecule has 2 heterocycles. The van der Waals surface area contributed by atoms with Crippen molar-refractivity contribution in [1.82, 2.24) is 19.9 Å². The molecule has 9 rings (SSSR count). The van der Waals surface area contributed by atoms with Crippen molar-refractivity contribution in [2.45, 2.75) is 0 Å². The fourth-order valence-corrected chi connectivity index (χ4v) is 6.66. The van der Waals surface area contributed by atoms with Crippen LogP contribution in [-0.2, 0) is 0 Å². The Kier molecular flexibility index (Phi) is 8.90. The topological polar surface area (TPSA) is 51.6 Å². The van der Waals surface area contributed by atoms with Crippen molar-refractivity contribution < 1.29 is 0 Å². The smallest absolute Gasteiger partial charge is 0.160 e. The van der Waals surface area contributed by atoms with Crippen LogP contribution in [0.15, 0.2) is 206 Å². The second kappa shape index (κ2) is 14.7. The Morgan fingerprint density at radius 1 is 0.185 bits per heavy atom. The fourth-order valence-electron chi connectivity index (χ4n) is 6.66. The van der Waals surface area contributed by atoms with Crippen LogP contribution in [-0.4, -0.2) is 19.9 Å². The molecule has 254 valence electrons. The van der Waals surface area contributed by atoms with E-state index in [4.69, 9.17) is 19.9 Å². The van der Waals surface area contributed by atoms with Crippen molar-refractivity contribution >= 4 is 0 Å². The standard InChI is InChI=1S/C50H34N4/c1-5-13-39(14-6-1)45-33-46(40-15-7-2-8-16-40)52-49(51-45)43-29-25-37(26-30-43)35-21-23-36(24-22-35)38-27-31-44(32-28-38)50-53-47(41-17-9-3-10-18-41)34-48(54-50)42-19-11-4-12-20-42/h1-34H. The van der Waals surface area contributed by atoms with Gasteiger partial charge >= 0.3 is 0 Å². The van der Waals surface area contributed by atoms with Gasteiger partial charge in [-0.15, -0.1) is 0 Å². The van der Waals surface area contributed by atoms with E-state index in [1.165, 1.54) is 0 Å². The highest BCUT2D eigenvalue weighted by Crippen LogP contribution is 2.32. The normalized spacial score (nSPS) is 11.0. The molecule has 4 nitrogen and oxygen atoms in total. The van der Waals surface area contributed by atoms with Gasteiger partial charge in [-0.2, -0.15) is 0 Å². The van der Waals surface area contributed by atoms with Crippen molar-refractivity contribution in [2.75, 3.05) is 0 Å². The summed E-state index contributed by atoms with van der Waals surface area (Å²) in [5.74, 6) is 1.41. The first-order chi connectivity index (χ1) is 26.7. The van der Waals surface area contributed by atoms with Gasteiger partial charge in [-0.3, -0.25) is 0 Å². The number of benzene rings is 7. The Hall–Kier alpha value is -7.30. The number of nitrogens with zero attached hydrogens (tertiary/aromatic N) is 4. The van der Waals surface area contributed by atoms with Crippen LogP contribution in [0.2, 0.25) is 0 Å². The minimum Gasteiger partial charge on any atom is -0.228 e. The Morgan fingerprint density at radius 2 is 0.389 bits per heavy atom. The molecule has 7 aromatic carbocycles. The molecule has 0 aliphatic heterocycles. The van der Waals surface area contributed by atoms with Gasteiger partial charge in [-0.05, 0) is 34.4 Å². The second-order valence-corrected chi connectivity index (χ2v) is 13.1. The van der Waals surface area contributed by atoms with Gasteiger partial charge in [-0.1, -0.05) is 194 Å². The van der Waals surface area contributed by atoms with Crippen LogP contribution in [0.25, 0.3) is 90.1 Å². The summed E-state index contributed by atoms with van der Waals surface area (Å²) in [4.78, 5) is 20.0. The molecule has 2 aromatic heterocycles. The van der Waals surface area contributed by atoms with Gasteiger partial charge in [0.15, 0.2) is 11.6 Å². The Labute approximate surface area is 315 Å². The highest BCUT2D eigenvalue weighted by molar-refractivity contribution is 5.77. The highest BCUT2D eigenvalue weighted by atomic mass is 14.9. The SMILES string of the molecule is c1ccc(-c2cc(-c3ccccc3)nc(-c3ccc(-c4ccc(-c5ccc(-c6nc(-c7ccccc7)cc(-c7ccccc7)n6)cc5)cc4)cc3)n2)cc1. The zero-order chi connectivity index (χ0) is 36.1. The maximum atomic E-state index is 4.99. The summed E-state index contributed by atoms with van der Waals surface area (Å²) in [5, 5.41) is 0. The first kappa shape index (κ1) is 32.6. The van der Waals surface area contributed by atoms with Crippen molar-refractivity contribution in [3.63, 3.8) is 0 Å². The van der Waals surface area contributed by atoms with Gasteiger partial charge in [-0.25, -0.2) is 19.9 Å². The Balaban J connectivity index is 0.968. The predicted molar refractivity (Wildman–Crippen MR) is 221 cm³/mol. The maximum Gasteiger partial charge on any atom is 0.160 e. The van der Waals surface area contributed by atoms with Gasteiger partial charge < -0.3 is 0 Å². The van der Waals surface area contributed by atoms with Crippen LogP contribution in [0, 0.1) is 0 Å². The Morgan fingerprint density at radius 3 is 0.611 bits per heavy atom. The lowest BCUT2D eigenvalue weighted by Gasteiger charge is -2.11. The lowest BCUT2D eigenvalue weighted by molar-refractivity contribution is 1.18. The quantitative estimate of drug-likeness (QED) is 0.159. The molecule has 0 fully saturated rings. The van der Waals surface area contributed by atoms with Crippen LogP contribution in [0.1, 0.15) is 0 Å². The second-order valence-electron chi connectivity index (χ2n) is 13.1. The fraction of sp³-hybridized carbons (Fsp3) is 0. The first-order valence-electron chi connectivity index (χ1n) is 18.1. The molecule has 0 amide bonds. The minimum absolute atomic E-state index is 0.703. The molecule has 0 spiro atoms. The summed E-state index contributed by atoms with van der Waals surface area (Å²) in [6.45, 7) is 0. The van der Waals surface area contributed by atoms with E-state index in [1.807, 2.05) is 72.8 Å². The summed E-state index contributed by atoms with van der Waals surface area (Å²) in [6, 6.07) is 71.0. The molecule has 0 aliphatic carbocycles. The molecule has 9 aromatic rings. The average molecular weight is 691 g/mol. The maximum absolute atomic E-state index is 4.99. The van der Waals surface area contributed by atoms with E-state index in [9.17, 15) is 0 Å². The van der Waals surface area contributed by atoms with Crippen molar-refractivity contribution in [1.29, 1.82) is 0 Å². The monoisotopic (exact) mass is 690 g/mol. The van der Waals surface area contributed by atoms with E-state index in [0.717, 1.165) is 78.4 Å². The van der Waals surface area contributed by atoms with Crippen LogP contribution >= 0.6 is 0 Å². The third-order valence-corrected chi connectivity index (χ3v) is 9.57. The zero-order valence-electron chi connectivity index (χ0n) is 29.4. The van der Waals surface area contributed by atoms with Gasteiger partial charge in [0.2, 0.25) is 0 Å². The largest absolute Gasteiger partial charge is 0.228 e. The number of hydrogen-bond acceptors (Lipinski definition) is 4. The Bertz CT molecular complexity index is 2340. The average Bonchev–Trinajstić information content (AvgIpc) is 3.27. The molecular formula is C50H34N4. The molecule has 0 atom stereocenters. The number of hydrogen-bond donors (Lipinski definition) is 0. The number of aromatic nitrogens is 4. The van der Waals surface area contributed by atoms with E-state index in [-0.39, 0.29) is 0 Å². The molecule has 0 bridgehead atoms. The van der Waals surface area contributed by atoms with Gasteiger partial charge in [0.25, 0.3) is 0 Å². The van der Waals surface area contributed by atoms with Crippen LogP contribution in [0.4, 0.5) is 0 Å². The summed E-state index contributed by atoms with van der Waals surface area (Å²) in [5.41, 5.74) is 14.3. The molecule has 0 saturated heterocycles. The van der Waals surface area contributed by atoms with Crippen molar-refractivity contribution in [3.05, 3.63) is 206 Å². The molecule has 54 heavy (non-hydrogen) atoms. The van der Waals surface area contributed by atoms with E-state index in [2.05, 4.69) is 133 Å².